The number of nitrogen functional groups attached to an aromatic ring is 1. The number of hydrogen-bond acceptors (Lipinski definition) is 2. The van der Waals surface area contributed by atoms with Crippen molar-refractivity contribution in [2.75, 3.05) is 5.73 Å². The molecule has 3 aromatic carbocycles. The van der Waals surface area contributed by atoms with E-state index in [4.69, 9.17) is 22.1 Å². The second-order valence-corrected chi connectivity index (χ2v) is 5.73. The molecule has 0 heterocycles. The van der Waals surface area contributed by atoms with Crippen molar-refractivity contribution >= 4 is 44.0 Å². The lowest BCUT2D eigenvalue weighted by Gasteiger charge is -2.10. The van der Waals surface area contributed by atoms with Crippen LogP contribution in [0.2, 0.25) is 5.02 Å². The van der Waals surface area contributed by atoms with Gasteiger partial charge in [0, 0.05) is 4.47 Å². The molecule has 0 amide bonds. The predicted molar refractivity (Wildman–Crippen MR) is 87.6 cm³/mol. The molecule has 4 heteroatoms. The number of hydrogen-bond donors (Lipinski definition) is 1. The SMILES string of the molecule is Nc1c(Cl)cccc1Oc1ccc2cc(Br)ccc2c1. The van der Waals surface area contributed by atoms with Gasteiger partial charge in [-0.05, 0) is 47.2 Å². The van der Waals surface area contributed by atoms with Gasteiger partial charge in [0.15, 0.2) is 5.75 Å². The summed E-state index contributed by atoms with van der Waals surface area (Å²) in [5, 5.41) is 2.74. The van der Waals surface area contributed by atoms with Crippen molar-refractivity contribution in [1.29, 1.82) is 0 Å². The Morgan fingerprint density at radius 3 is 2.55 bits per heavy atom. The van der Waals surface area contributed by atoms with Crippen molar-refractivity contribution in [2.24, 2.45) is 0 Å². The van der Waals surface area contributed by atoms with E-state index in [-0.39, 0.29) is 0 Å². The van der Waals surface area contributed by atoms with Crippen molar-refractivity contribution in [1.82, 2.24) is 0 Å². The van der Waals surface area contributed by atoms with Gasteiger partial charge in [-0.3, -0.25) is 0 Å². The van der Waals surface area contributed by atoms with E-state index in [0.29, 0.717) is 16.5 Å². The fraction of sp³-hybridized carbons (Fsp3) is 0. The standard InChI is InChI=1S/C16H11BrClNO/c17-12-6-4-11-9-13(7-5-10(11)8-12)20-15-3-1-2-14(18)16(15)19/h1-9H,19H2. The van der Waals surface area contributed by atoms with Crippen LogP contribution < -0.4 is 10.5 Å². The zero-order valence-electron chi connectivity index (χ0n) is 10.4. The van der Waals surface area contributed by atoms with Crippen molar-refractivity contribution in [3.05, 3.63) is 64.1 Å². The van der Waals surface area contributed by atoms with Crippen molar-refractivity contribution in [3.63, 3.8) is 0 Å². The molecule has 3 rings (SSSR count). The molecular formula is C16H11BrClNO. The van der Waals surface area contributed by atoms with Crippen LogP contribution in [-0.4, -0.2) is 0 Å². The molecule has 0 atom stereocenters. The minimum atomic E-state index is 0.449. The molecule has 100 valence electrons. The molecule has 0 aliphatic carbocycles. The Labute approximate surface area is 130 Å². The molecule has 0 bridgehead atoms. The van der Waals surface area contributed by atoms with Gasteiger partial charge in [-0.15, -0.1) is 0 Å². The minimum Gasteiger partial charge on any atom is -0.455 e. The first kappa shape index (κ1) is 13.3. The Bertz CT molecular complexity index is 789. The number of anilines is 1. The lowest BCUT2D eigenvalue weighted by Crippen LogP contribution is -1.92. The average Bonchev–Trinajstić information content (AvgIpc) is 2.44. The van der Waals surface area contributed by atoms with Gasteiger partial charge in [0.05, 0.1) is 10.7 Å². The Morgan fingerprint density at radius 1 is 0.950 bits per heavy atom. The molecule has 3 aromatic rings. The summed E-state index contributed by atoms with van der Waals surface area (Å²) in [5.41, 5.74) is 6.35. The molecule has 0 saturated carbocycles. The topological polar surface area (TPSA) is 35.2 Å². The second kappa shape index (κ2) is 5.35. The highest BCUT2D eigenvalue weighted by atomic mass is 79.9. The van der Waals surface area contributed by atoms with E-state index in [1.54, 1.807) is 12.1 Å². The first-order valence-electron chi connectivity index (χ1n) is 6.04. The van der Waals surface area contributed by atoms with Gasteiger partial charge < -0.3 is 10.5 Å². The van der Waals surface area contributed by atoms with Crippen LogP contribution >= 0.6 is 27.5 Å². The van der Waals surface area contributed by atoms with Crippen molar-refractivity contribution < 1.29 is 4.74 Å². The largest absolute Gasteiger partial charge is 0.455 e. The quantitative estimate of drug-likeness (QED) is 0.609. The van der Waals surface area contributed by atoms with Crippen LogP contribution in [0.25, 0.3) is 10.8 Å². The molecule has 0 fully saturated rings. The van der Waals surface area contributed by atoms with E-state index in [9.17, 15) is 0 Å². The van der Waals surface area contributed by atoms with Gasteiger partial charge >= 0.3 is 0 Å². The van der Waals surface area contributed by atoms with Crippen LogP contribution in [0.5, 0.6) is 11.5 Å². The third-order valence-electron chi connectivity index (χ3n) is 3.01. The highest BCUT2D eigenvalue weighted by Crippen LogP contribution is 2.33. The Balaban J connectivity index is 1.99. The van der Waals surface area contributed by atoms with Gasteiger partial charge in [0.2, 0.25) is 0 Å². The molecule has 0 unspecified atom stereocenters. The zero-order chi connectivity index (χ0) is 14.1. The summed E-state index contributed by atoms with van der Waals surface area (Å²) in [4.78, 5) is 0. The van der Waals surface area contributed by atoms with E-state index < -0.39 is 0 Å². The summed E-state index contributed by atoms with van der Waals surface area (Å²) in [6.07, 6.45) is 0. The Kier molecular flexibility index (Phi) is 3.55. The fourth-order valence-electron chi connectivity index (χ4n) is 1.99. The maximum absolute atomic E-state index is 5.98. The maximum Gasteiger partial charge on any atom is 0.151 e. The van der Waals surface area contributed by atoms with Crippen molar-refractivity contribution in [3.8, 4) is 11.5 Å². The molecule has 0 spiro atoms. The second-order valence-electron chi connectivity index (χ2n) is 4.41. The summed E-state index contributed by atoms with van der Waals surface area (Å²) in [5.74, 6) is 1.29. The molecule has 0 radical (unpaired) electrons. The van der Waals surface area contributed by atoms with Crippen LogP contribution in [0.4, 0.5) is 5.69 Å². The summed E-state index contributed by atoms with van der Waals surface area (Å²) in [7, 11) is 0. The number of fused-ring (bicyclic) bond motifs is 1. The number of ether oxygens (including phenoxy) is 1. The van der Waals surface area contributed by atoms with Gasteiger partial charge in [0.25, 0.3) is 0 Å². The van der Waals surface area contributed by atoms with E-state index in [0.717, 1.165) is 21.0 Å². The van der Waals surface area contributed by atoms with E-state index in [1.807, 2.05) is 36.4 Å². The lowest BCUT2D eigenvalue weighted by molar-refractivity contribution is 0.486. The van der Waals surface area contributed by atoms with Crippen LogP contribution in [0.3, 0.4) is 0 Å². The summed E-state index contributed by atoms with van der Waals surface area (Å²) < 4.78 is 6.86. The number of nitrogens with two attached hydrogens (primary N) is 1. The van der Waals surface area contributed by atoms with E-state index in [2.05, 4.69) is 22.0 Å². The number of rotatable bonds is 2. The maximum atomic E-state index is 5.98. The average molecular weight is 349 g/mol. The van der Waals surface area contributed by atoms with Crippen LogP contribution in [-0.2, 0) is 0 Å². The Hall–Kier alpha value is -1.71. The summed E-state index contributed by atoms with van der Waals surface area (Å²) in [6, 6.07) is 17.3. The number of halogens is 2. The van der Waals surface area contributed by atoms with Gasteiger partial charge in [-0.1, -0.05) is 45.7 Å². The third-order valence-corrected chi connectivity index (χ3v) is 3.84. The van der Waals surface area contributed by atoms with Crippen molar-refractivity contribution in [2.45, 2.75) is 0 Å². The highest BCUT2D eigenvalue weighted by Gasteiger charge is 2.06. The molecule has 0 aromatic heterocycles. The summed E-state index contributed by atoms with van der Waals surface area (Å²) in [6.45, 7) is 0. The molecule has 2 nitrogen and oxygen atoms in total. The molecule has 0 saturated heterocycles. The molecule has 0 aliphatic heterocycles. The van der Waals surface area contributed by atoms with Crippen LogP contribution in [0.1, 0.15) is 0 Å². The van der Waals surface area contributed by atoms with E-state index >= 15 is 0 Å². The molecule has 0 aliphatic rings. The van der Waals surface area contributed by atoms with Gasteiger partial charge in [-0.2, -0.15) is 0 Å². The number of benzene rings is 3. The predicted octanol–water partition coefficient (Wildman–Crippen LogP) is 5.63. The minimum absolute atomic E-state index is 0.449. The molecular weight excluding hydrogens is 338 g/mol. The smallest absolute Gasteiger partial charge is 0.151 e. The monoisotopic (exact) mass is 347 g/mol. The van der Waals surface area contributed by atoms with Crippen LogP contribution in [0.15, 0.2) is 59.1 Å². The van der Waals surface area contributed by atoms with Gasteiger partial charge in [-0.25, -0.2) is 0 Å². The third kappa shape index (κ3) is 2.60. The van der Waals surface area contributed by atoms with E-state index in [1.165, 1.54) is 0 Å². The normalized spacial score (nSPS) is 10.7. The number of para-hydroxylation sites is 1. The molecule has 2 N–H and O–H groups in total. The lowest BCUT2D eigenvalue weighted by atomic mass is 10.1. The highest BCUT2D eigenvalue weighted by molar-refractivity contribution is 9.10. The van der Waals surface area contributed by atoms with Gasteiger partial charge in [0.1, 0.15) is 5.75 Å². The summed E-state index contributed by atoms with van der Waals surface area (Å²) >= 11 is 9.44. The van der Waals surface area contributed by atoms with Crippen LogP contribution in [0, 0.1) is 0 Å². The zero-order valence-corrected chi connectivity index (χ0v) is 12.8. The fourth-order valence-corrected chi connectivity index (χ4v) is 2.54. The Morgan fingerprint density at radius 2 is 1.70 bits per heavy atom. The first-order valence-corrected chi connectivity index (χ1v) is 7.22. The first-order chi connectivity index (χ1) is 9.63. The molecule has 20 heavy (non-hydrogen) atoms.